The van der Waals surface area contributed by atoms with Crippen molar-refractivity contribution in [1.82, 2.24) is 5.32 Å². The maximum atomic E-state index is 11.1. The fraction of sp³-hybridized carbons (Fsp3) is 0.462. The average Bonchev–Trinajstić information content (AvgIpc) is 2.29. The second-order valence-electron chi connectivity index (χ2n) is 3.68. The number of rotatable bonds is 7. The SMILES string of the molecule is CCCNCCOc1cccc(C(C)=O)c1.[HH]. The predicted octanol–water partition coefficient (Wildman–Crippen LogP) is 2.51. The molecule has 0 amide bonds. The van der Waals surface area contributed by atoms with Gasteiger partial charge in [-0.1, -0.05) is 19.1 Å². The van der Waals surface area contributed by atoms with Crippen molar-refractivity contribution in [3.05, 3.63) is 29.8 Å². The first-order valence-electron chi connectivity index (χ1n) is 5.68. The second-order valence-corrected chi connectivity index (χ2v) is 3.68. The monoisotopic (exact) mass is 223 g/mol. The van der Waals surface area contributed by atoms with Crippen LogP contribution in [0.1, 0.15) is 32.1 Å². The highest BCUT2D eigenvalue weighted by Crippen LogP contribution is 2.13. The lowest BCUT2D eigenvalue weighted by atomic mass is 10.1. The molecule has 0 aliphatic heterocycles. The van der Waals surface area contributed by atoms with E-state index in [-0.39, 0.29) is 7.21 Å². The van der Waals surface area contributed by atoms with Crippen LogP contribution in [0.25, 0.3) is 0 Å². The van der Waals surface area contributed by atoms with Crippen LogP contribution in [0.4, 0.5) is 0 Å². The number of ether oxygens (including phenoxy) is 1. The van der Waals surface area contributed by atoms with Crippen molar-refractivity contribution in [2.24, 2.45) is 0 Å². The zero-order valence-corrected chi connectivity index (χ0v) is 9.95. The molecule has 0 saturated heterocycles. The highest BCUT2D eigenvalue weighted by atomic mass is 16.5. The van der Waals surface area contributed by atoms with E-state index in [1.54, 1.807) is 19.1 Å². The molecule has 1 N–H and O–H groups in total. The summed E-state index contributed by atoms with van der Waals surface area (Å²) in [4.78, 5) is 11.1. The normalized spacial score (nSPS) is 10.1. The van der Waals surface area contributed by atoms with Gasteiger partial charge in [-0.05, 0) is 32.0 Å². The van der Waals surface area contributed by atoms with Gasteiger partial charge in [0.2, 0.25) is 0 Å². The molecule has 90 valence electrons. The summed E-state index contributed by atoms with van der Waals surface area (Å²) in [6, 6.07) is 7.28. The second kappa shape index (κ2) is 7.01. The van der Waals surface area contributed by atoms with Gasteiger partial charge in [-0.25, -0.2) is 0 Å². The first kappa shape index (κ1) is 12.7. The van der Waals surface area contributed by atoms with Gasteiger partial charge in [0.25, 0.3) is 0 Å². The minimum Gasteiger partial charge on any atom is -0.492 e. The molecular formula is C13H21NO2. The van der Waals surface area contributed by atoms with Crippen LogP contribution in [-0.2, 0) is 0 Å². The lowest BCUT2D eigenvalue weighted by molar-refractivity contribution is 0.101. The van der Waals surface area contributed by atoms with Crippen LogP contribution in [0.2, 0.25) is 0 Å². The quantitative estimate of drug-likeness (QED) is 0.570. The summed E-state index contributed by atoms with van der Waals surface area (Å²) in [5.74, 6) is 0.820. The standard InChI is InChI=1S/C13H19NO2.H2/c1-3-7-14-8-9-16-13-6-4-5-12(10-13)11(2)15;/h4-6,10,14H,3,7-9H2,1-2H3;1H. The Hall–Kier alpha value is -1.35. The van der Waals surface area contributed by atoms with Gasteiger partial charge in [0.05, 0.1) is 0 Å². The molecule has 1 rings (SSSR count). The number of Topliss-reactive ketones (excluding diaryl/α,β-unsaturated/α-hetero) is 1. The zero-order valence-electron chi connectivity index (χ0n) is 9.95. The summed E-state index contributed by atoms with van der Waals surface area (Å²) in [6.45, 7) is 6.16. The molecule has 0 aliphatic rings. The Balaban J connectivity index is 0.00000256. The lowest BCUT2D eigenvalue weighted by Crippen LogP contribution is -2.21. The third-order valence-corrected chi connectivity index (χ3v) is 2.21. The van der Waals surface area contributed by atoms with E-state index in [1.165, 1.54) is 0 Å². The number of carbonyl (C=O) groups excluding carboxylic acids is 1. The van der Waals surface area contributed by atoms with Crippen molar-refractivity contribution < 1.29 is 11.0 Å². The van der Waals surface area contributed by atoms with E-state index in [1.807, 2.05) is 12.1 Å². The molecule has 3 heteroatoms. The van der Waals surface area contributed by atoms with Crippen LogP contribution in [0.15, 0.2) is 24.3 Å². The molecule has 1 aromatic rings. The molecule has 0 fully saturated rings. The largest absolute Gasteiger partial charge is 0.492 e. The van der Waals surface area contributed by atoms with E-state index in [0.29, 0.717) is 12.2 Å². The number of hydrogen-bond acceptors (Lipinski definition) is 3. The molecule has 0 atom stereocenters. The Kier molecular flexibility index (Phi) is 5.57. The fourth-order valence-electron chi connectivity index (χ4n) is 1.35. The predicted molar refractivity (Wildman–Crippen MR) is 67.2 cm³/mol. The van der Waals surface area contributed by atoms with E-state index in [0.717, 1.165) is 25.3 Å². The molecule has 0 aliphatic carbocycles. The number of nitrogens with one attached hydrogen (secondary N) is 1. The number of ketones is 1. The van der Waals surface area contributed by atoms with Crippen molar-refractivity contribution in [2.45, 2.75) is 20.3 Å². The average molecular weight is 223 g/mol. The summed E-state index contributed by atoms with van der Waals surface area (Å²) >= 11 is 0. The molecule has 0 bridgehead atoms. The molecule has 16 heavy (non-hydrogen) atoms. The van der Waals surface area contributed by atoms with E-state index in [9.17, 15) is 4.79 Å². The van der Waals surface area contributed by atoms with Gasteiger partial charge < -0.3 is 10.1 Å². The van der Waals surface area contributed by atoms with Crippen LogP contribution >= 0.6 is 0 Å². The fourth-order valence-corrected chi connectivity index (χ4v) is 1.35. The van der Waals surface area contributed by atoms with E-state index >= 15 is 0 Å². The minimum atomic E-state index is 0. The highest BCUT2D eigenvalue weighted by molar-refractivity contribution is 5.94. The van der Waals surface area contributed by atoms with E-state index in [2.05, 4.69) is 12.2 Å². The first-order valence-corrected chi connectivity index (χ1v) is 5.68. The molecule has 0 radical (unpaired) electrons. The Morgan fingerprint density at radius 2 is 2.25 bits per heavy atom. The molecule has 0 saturated carbocycles. The van der Waals surface area contributed by atoms with Crippen LogP contribution in [-0.4, -0.2) is 25.5 Å². The van der Waals surface area contributed by atoms with Gasteiger partial charge in [-0.3, -0.25) is 4.79 Å². The summed E-state index contributed by atoms with van der Waals surface area (Å²) in [5, 5.41) is 3.25. The van der Waals surface area contributed by atoms with Gasteiger partial charge in [-0.15, -0.1) is 0 Å². The van der Waals surface area contributed by atoms with Crippen molar-refractivity contribution in [3.8, 4) is 5.75 Å². The Morgan fingerprint density at radius 1 is 1.44 bits per heavy atom. The maximum Gasteiger partial charge on any atom is 0.159 e. The zero-order chi connectivity index (χ0) is 11.8. The van der Waals surface area contributed by atoms with Crippen LogP contribution in [0, 0.1) is 0 Å². The number of benzene rings is 1. The van der Waals surface area contributed by atoms with Crippen LogP contribution < -0.4 is 10.1 Å². The molecule has 1 aromatic carbocycles. The Morgan fingerprint density at radius 3 is 2.94 bits per heavy atom. The third kappa shape index (κ3) is 4.45. The first-order chi connectivity index (χ1) is 7.74. The Labute approximate surface area is 98.3 Å². The summed E-state index contributed by atoms with van der Waals surface area (Å²) in [7, 11) is 0. The van der Waals surface area contributed by atoms with Crippen molar-refractivity contribution in [1.29, 1.82) is 0 Å². The van der Waals surface area contributed by atoms with E-state index < -0.39 is 0 Å². The highest BCUT2D eigenvalue weighted by Gasteiger charge is 2.00. The van der Waals surface area contributed by atoms with Gasteiger partial charge in [0.1, 0.15) is 12.4 Å². The van der Waals surface area contributed by atoms with Crippen molar-refractivity contribution >= 4 is 5.78 Å². The van der Waals surface area contributed by atoms with Gasteiger partial charge in [0.15, 0.2) is 5.78 Å². The smallest absolute Gasteiger partial charge is 0.159 e. The minimum absolute atomic E-state index is 0. The maximum absolute atomic E-state index is 11.1. The molecule has 0 spiro atoms. The van der Waals surface area contributed by atoms with Crippen LogP contribution in [0.3, 0.4) is 0 Å². The topological polar surface area (TPSA) is 38.3 Å². The summed E-state index contributed by atoms with van der Waals surface area (Å²) in [6.07, 6.45) is 1.12. The molecule has 3 nitrogen and oxygen atoms in total. The molecule has 0 aromatic heterocycles. The summed E-state index contributed by atoms with van der Waals surface area (Å²) in [5.41, 5.74) is 0.694. The van der Waals surface area contributed by atoms with E-state index in [4.69, 9.17) is 4.74 Å². The van der Waals surface area contributed by atoms with Gasteiger partial charge in [-0.2, -0.15) is 0 Å². The summed E-state index contributed by atoms with van der Waals surface area (Å²) < 4.78 is 5.53. The number of carbonyl (C=O) groups is 1. The van der Waals surface area contributed by atoms with Crippen LogP contribution in [0.5, 0.6) is 5.75 Å². The third-order valence-electron chi connectivity index (χ3n) is 2.21. The van der Waals surface area contributed by atoms with Crippen molar-refractivity contribution in [3.63, 3.8) is 0 Å². The number of hydrogen-bond donors (Lipinski definition) is 1. The molecule has 0 heterocycles. The van der Waals surface area contributed by atoms with Gasteiger partial charge in [0, 0.05) is 13.5 Å². The van der Waals surface area contributed by atoms with Gasteiger partial charge >= 0.3 is 0 Å². The van der Waals surface area contributed by atoms with Crippen molar-refractivity contribution in [2.75, 3.05) is 19.7 Å². The Bertz CT molecular complexity index is 342. The molecular weight excluding hydrogens is 202 g/mol. The lowest BCUT2D eigenvalue weighted by Gasteiger charge is -2.07. The molecule has 0 unspecified atom stereocenters.